The predicted molar refractivity (Wildman–Crippen MR) is 447 cm³/mol. The quantitative estimate of drug-likeness (QED) is 0.0650. The Hall–Kier alpha value is -7.75. The molecule has 98 heavy (non-hydrogen) atoms. The van der Waals surface area contributed by atoms with E-state index in [1.807, 2.05) is 0 Å². The molecule has 0 N–H and O–H groups in total. The highest BCUT2D eigenvalue weighted by atomic mass is 28.3. The molecule has 0 aliphatic carbocycles. The normalized spacial score (nSPS) is 12.5. The van der Waals surface area contributed by atoms with Crippen LogP contribution in [0.4, 0.5) is 0 Å². The fourth-order valence-corrected chi connectivity index (χ4v) is 39.5. The van der Waals surface area contributed by atoms with E-state index in [0.29, 0.717) is 72.1 Å². The first-order valence-electron chi connectivity index (χ1n) is 37.0. The maximum atomic E-state index is 4.23. The van der Waals surface area contributed by atoms with Gasteiger partial charge in [-0.25, -0.2) is 0 Å². The van der Waals surface area contributed by atoms with Gasteiger partial charge >= 0.3 is 0 Å². The third-order valence-electron chi connectivity index (χ3n) is 23.7. The van der Waals surface area contributed by atoms with E-state index in [9.17, 15) is 0 Å². The molecule has 0 aromatic heterocycles. The molecular formula is C94H108Si4. The highest BCUT2D eigenvalue weighted by Gasteiger charge is 2.45. The number of hydrogen-bond donors (Lipinski definition) is 0. The first-order valence-corrected chi connectivity index (χ1v) is 45.9. The van der Waals surface area contributed by atoms with Gasteiger partial charge in [0.15, 0.2) is 0 Å². The van der Waals surface area contributed by atoms with Crippen LogP contribution in [0.15, 0.2) is 157 Å². The van der Waals surface area contributed by atoms with Crippen molar-refractivity contribution in [1.29, 1.82) is 0 Å². The van der Waals surface area contributed by atoms with E-state index in [1.165, 1.54) is 21.5 Å². The van der Waals surface area contributed by atoms with Gasteiger partial charge in [-0.15, -0.1) is 22.2 Å². The Morgan fingerprint density at radius 3 is 0.531 bits per heavy atom. The summed E-state index contributed by atoms with van der Waals surface area (Å²) in [5.41, 5.74) is 27.6. The number of rotatable bonds is 12. The van der Waals surface area contributed by atoms with E-state index in [4.69, 9.17) is 0 Å². The molecule has 10 rings (SSSR count). The van der Waals surface area contributed by atoms with E-state index >= 15 is 0 Å². The summed E-state index contributed by atoms with van der Waals surface area (Å²) in [6.45, 7) is 57.9. The summed E-state index contributed by atoms with van der Waals surface area (Å²) < 4.78 is 0. The number of benzene rings is 10. The molecule has 500 valence electrons. The Labute approximate surface area is 595 Å². The van der Waals surface area contributed by atoms with Gasteiger partial charge in [0.1, 0.15) is 32.3 Å². The van der Waals surface area contributed by atoms with Gasteiger partial charge in [-0.05, 0) is 201 Å². The average Bonchev–Trinajstić information content (AvgIpc) is 0.733. The van der Waals surface area contributed by atoms with Crippen LogP contribution in [0.5, 0.6) is 0 Å². The van der Waals surface area contributed by atoms with Crippen LogP contribution in [-0.2, 0) is 0 Å². The molecule has 0 fully saturated rings. The molecule has 0 aliphatic rings. The van der Waals surface area contributed by atoms with Crippen molar-refractivity contribution < 1.29 is 0 Å². The molecule has 10 aromatic carbocycles. The molecule has 0 radical (unpaired) electrons. The van der Waals surface area contributed by atoms with E-state index in [2.05, 4.69) is 381 Å². The summed E-state index contributed by atoms with van der Waals surface area (Å²) in [5, 5.41) is 18.2. The fourth-order valence-electron chi connectivity index (χ4n) is 18.7. The third-order valence-corrected chi connectivity index (χ3v) is 48.8. The van der Waals surface area contributed by atoms with Crippen LogP contribution >= 0.6 is 0 Å². The fraction of sp³-hybridized carbons (Fsp3) is 0.383. The molecular weight excluding hydrogens is 1240 g/mol. The molecule has 0 bridgehead atoms. The molecule has 4 heteroatoms. The van der Waals surface area contributed by atoms with Gasteiger partial charge in [-0.1, -0.05) is 311 Å². The minimum Gasteiger partial charge on any atom is -0.125 e. The van der Waals surface area contributed by atoms with Crippen LogP contribution in [-0.4, -0.2) is 32.3 Å². The largest absolute Gasteiger partial charge is 0.146 e. The molecule has 10 aromatic rings. The van der Waals surface area contributed by atoms with Crippen LogP contribution < -0.4 is 0 Å². The van der Waals surface area contributed by atoms with Crippen LogP contribution in [0.1, 0.15) is 188 Å². The Kier molecular flexibility index (Phi) is 21.8. The molecule has 0 atom stereocenters. The molecule has 0 nitrogen and oxygen atoms in total. The monoisotopic (exact) mass is 1350 g/mol. The summed E-state index contributed by atoms with van der Waals surface area (Å²) in [4.78, 5) is 0. The van der Waals surface area contributed by atoms with E-state index in [1.54, 1.807) is 0 Å². The third kappa shape index (κ3) is 13.1. The predicted octanol–water partition coefficient (Wildman–Crippen LogP) is 27.2. The van der Waals surface area contributed by atoms with Crippen LogP contribution in [0.2, 0.25) is 66.5 Å². The number of hydrogen-bond acceptors (Lipinski definition) is 0. The topological polar surface area (TPSA) is 0 Å². The maximum Gasteiger partial charge on any atom is 0.146 e. The Bertz CT molecular complexity index is 4590. The van der Waals surface area contributed by atoms with Gasteiger partial charge in [-0.2, -0.15) is 0 Å². The first-order chi connectivity index (χ1) is 46.5. The highest BCUT2D eigenvalue weighted by molar-refractivity contribution is 6.92. The lowest BCUT2D eigenvalue weighted by molar-refractivity contribution is 0.838. The second-order valence-electron chi connectivity index (χ2n) is 32.3. The molecule has 0 amide bonds. The van der Waals surface area contributed by atoms with Crippen molar-refractivity contribution in [2.75, 3.05) is 0 Å². The number of fused-ring (bicyclic) bond motifs is 8. The lowest BCUT2D eigenvalue weighted by Crippen LogP contribution is -2.43. The summed E-state index contributed by atoms with van der Waals surface area (Å²) in [6.07, 6.45) is 0. The molecule has 0 saturated carbocycles. The van der Waals surface area contributed by atoms with E-state index in [0.717, 1.165) is 92.5 Å². The molecule has 0 aliphatic heterocycles. The zero-order valence-corrected chi connectivity index (χ0v) is 67.8. The SMILES string of the molecule is CC(C)[Si](C#CC(C#C[Si](C(C)C)(C(C)C)C(C)C)=C(C#Cc1c2cc3ccccc3cc2c(C#C[Si](C(C)C)(C(C)C)C(C)C)c2cc3ccccc3cc12)C#Cc1c2cc3ccccc3cc2c(C#C[Si](C(C)C)(C(C)C)C(C)C)c2cc3ccccc3cc12)(C(C)C)C(C)C. The van der Waals surface area contributed by atoms with Crippen molar-refractivity contribution in [3.8, 4) is 69.5 Å². The minimum atomic E-state index is -2.37. The number of allylic oxidation sites excluding steroid dienone is 2. The van der Waals surface area contributed by atoms with Gasteiger partial charge in [0.25, 0.3) is 0 Å². The Morgan fingerprint density at radius 2 is 0.357 bits per heavy atom. The molecule has 0 saturated heterocycles. The van der Waals surface area contributed by atoms with E-state index in [-0.39, 0.29) is 0 Å². The smallest absolute Gasteiger partial charge is 0.125 e. The van der Waals surface area contributed by atoms with Gasteiger partial charge in [-0.3, -0.25) is 0 Å². The van der Waals surface area contributed by atoms with Crippen molar-refractivity contribution in [2.24, 2.45) is 0 Å². The molecule has 0 unspecified atom stereocenters. The second kappa shape index (κ2) is 29.2. The Morgan fingerprint density at radius 1 is 0.204 bits per heavy atom. The summed E-state index contributed by atoms with van der Waals surface area (Å²) in [7, 11) is -9.13. The van der Waals surface area contributed by atoms with Crippen molar-refractivity contribution in [1.82, 2.24) is 0 Å². The lowest BCUT2D eigenvalue weighted by Gasteiger charge is -2.38. The van der Waals surface area contributed by atoms with Crippen molar-refractivity contribution in [2.45, 2.75) is 233 Å². The molecule has 0 heterocycles. The van der Waals surface area contributed by atoms with Crippen LogP contribution in [0.25, 0.3) is 86.2 Å². The van der Waals surface area contributed by atoms with Gasteiger partial charge in [0.2, 0.25) is 0 Å². The summed E-state index contributed by atoms with van der Waals surface area (Å²) >= 11 is 0. The van der Waals surface area contributed by atoms with Gasteiger partial charge in [0.05, 0.1) is 11.1 Å². The highest BCUT2D eigenvalue weighted by Crippen LogP contribution is 2.47. The Balaban J connectivity index is 1.45. The minimum absolute atomic E-state index is 0.400. The average molecular weight is 1350 g/mol. The van der Waals surface area contributed by atoms with Gasteiger partial charge in [0, 0.05) is 22.3 Å². The van der Waals surface area contributed by atoms with Crippen molar-refractivity contribution in [3.05, 3.63) is 179 Å². The first kappa shape index (κ1) is 73.0. The van der Waals surface area contributed by atoms with E-state index < -0.39 is 32.3 Å². The van der Waals surface area contributed by atoms with Crippen LogP contribution in [0.3, 0.4) is 0 Å². The lowest BCUT2D eigenvalue weighted by atomic mass is 9.88. The molecule has 0 spiro atoms. The summed E-state index contributed by atoms with van der Waals surface area (Å²) in [5.74, 6) is 32.5. The van der Waals surface area contributed by atoms with Crippen LogP contribution in [0, 0.1) is 69.5 Å². The zero-order chi connectivity index (χ0) is 71.1. The second-order valence-corrected chi connectivity index (χ2v) is 54.6. The van der Waals surface area contributed by atoms with Crippen molar-refractivity contribution >= 4 is 118 Å². The van der Waals surface area contributed by atoms with Crippen molar-refractivity contribution in [3.63, 3.8) is 0 Å². The van der Waals surface area contributed by atoms with Gasteiger partial charge < -0.3 is 0 Å². The maximum absolute atomic E-state index is 4.23. The zero-order valence-electron chi connectivity index (χ0n) is 63.8. The summed E-state index contributed by atoms with van der Waals surface area (Å²) in [6, 6.07) is 54.3. The standard InChI is InChI=1S/C94H108Si4/c1-61(2)95(62(3)4,63(5)6)49-45-74(46-50-96(64(7)8,65(9)10)66(11)12)73(41-43-83-87-53-75-33-25-29-37-79(75)57-91(87)85(47-51-97(67(13)14,68(15)16)69(17)18)92-58-80-38-30-26-34-76(80)54-88(83)92)42-44-84-89-55-77-35-27-31-39-81(77)59-93(89)86(48-52-98(70(19)20,71(21)22)72(23)24)94-60-82-40-32-28-36-78(82)56-90(84)94/h25-40,53-72H,1-24H3.